The molecule has 0 amide bonds. The number of nitrogens with one attached hydrogen (secondary N) is 1. The van der Waals surface area contributed by atoms with E-state index in [9.17, 15) is 0 Å². The van der Waals surface area contributed by atoms with Crippen molar-refractivity contribution in [1.82, 2.24) is 10.2 Å². The number of hydrogen-bond acceptors (Lipinski definition) is 3. The van der Waals surface area contributed by atoms with Crippen molar-refractivity contribution in [2.75, 3.05) is 20.1 Å². The van der Waals surface area contributed by atoms with Gasteiger partial charge in [0.2, 0.25) is 0 Å². The fourth-order valence-corrected chi connectivity index (χ4v) is 3.46. The van der Waals surface area contributed by atoms with Crippen LogP contribution in [-0.4, -0.2) is 31.1 Å². The molecule has 1 N–H and O–H groups in total. The van der Waals surface area contributed by atoms with E-state index in [1.807, 2.05) is 11.3 Å². The smallest absolute Gasteiger partial charge is 0.0440 e. The lowest BCUT2D eigenvalue weighted by molar-refractivity contribution is 0.215. The SMILES string of the molecule is CC(C)C(NC1CCN(C)CC1)c1cccs1. The summed E-state index contributed by atoms with van der Waals surface area (Å²) in [4.78, 5) is 3.91. The topological polar surface area (TPSA) is 15.3 Å². The van der Waals surface area contributed by atoms with E-state index in [-0.39, 0.29) is 0 Å². The van der Waals surface area contributed by atoms with Crippen molar-refractivity contribution in [3.8, 4) is 0 Å². The Labute approximate surface area is 109 Å². The molecule has 1 aromatic heterocycles. The maximum Gasteiger partial charge on any atom is 0.0440 e. The normalized spacial score (nSPS) is 20.9. The molecule has 2 heterocycles. The summed E-state index contributed by atoms with van der Waals surface area (Å²) >= 11 is 1.88. The molecule has 1 atom stereocenters. The predicted octanol–water partition coefficient (Wildman–Crippen LogP) is 3.13. The standard InChI is InChI=1S/C14H24N2S/c1-11(2)14(13-5-4-10-17-13)15-12-6-8-16(3)9-7-12/h4-5,10-12,14-15H,6-9H2,1-3H3. The van der Waals surface area contributed by atoms with Crippen LogP contribution in [0, 0.1) is 5.92 Å². The molecule has 0 bridgehead atoms. The van der Waals surface area contributed by atoms with Crippen LogP contribution in [0.3, 0.4) is 0 Å². The second-order valence-electron chi connectivity index (χ2n) is 5.48. The van der Waals surface area contributed by atoms with Gasteiger partial charge in [-0.15, -0.1) is 11.3 Å². The summed E-state index contributed by atoms with van der Waals surface area (Å²) < 4.78 is 0. The van der Waals surface area contributed by atoms with Crippen molar-refractivity contribution < 1.29 is 0 Å². The molecular formula is C14H24N2S. The van der Waals surface area contributed by atoms with E-state index in [1.165, 1.54) is 30.8 Å². The quantitative estimate of drug-likeness (QED) is 0.885. The summed E-state index contributed by atoms with van der Waals surface area (Å²) in [5.41, 5.74) is 0. The Morgan fingerprint density at radius 3 is 2.59 bits per heavy atom. The molecule has 2 rings (SSSR count). The lowest BCUT2D eigenvalue weighted by atomic mass is 9.98. The minimum absolute atomic E-state index is 0.531. The summed E-state index contributed by atoms with van der Waals surface area (Å²) in [6.45, 7) is 7.08. The third kappa shape index (κ3) is 3.54. The van der Waals surface area contributed by atoms with Gasteiger partial charge in [-0.2, -0.15) is 0 Å². The number of likely N-dealkylation sites (tertiary alicyclic amines) is 1. The van der Waals surface area contributed by atoms with Crippen LogP contribution in [0.2, 0.25) is 0 Å². The van der Waals surface area contributed by atoms with Gasteiger partial charge in [-0.25, -0.2) is 0 Å². The Morgan fingerprint density at radius 1 is 1.35 bits per heavy atom. The first kappa shape index (κ1) is 13.1. The van der Waals surface area contributed by atoms with Gasteiger partial charge in [0.05, 0.1) is 0 Å². The van der Waals surface area contributed by atoms with Gasteiger partial charge >= 0.3 is 0 Å². The maximum atomic E-state index is 3.86. The number of rotatable bonds is 4. The van der Waals surface area contributed by atoms with Crippen molar-refractivity contribution in [1.29, 1.82) is 0 Å². The van der Waals surface area contributed by atoms with E-state index >= 15 is 0 Å². The molecule has 2 nitrogen and oxygen atoms in total. The van der Waals surface area contributed by atoms with E-state index < -0.39 is 0 Å². The van der Waals surface area contributed by atoms with E-state index in [1.54, 1.807) is 0 Å². The largest absolute Gasteiger partial charge is 0.306 e. The van der Waals surface area contributed by atoms with Gasteiger partial charge in [-0.1, -0.05) is 19.9 Å². The molecule has 0 aliphatic carbocycles. The minimum atomic E-state index is 0.531. The molecule has 3 heteroatoms. The van der Waals surface area contributed by atoms with Gasteiger partial charge in [-0.05, 0) is 50.3 Å². The van der Waals surface area contributed by atoms with Gasteiger partial charge in [0.15, 0.2) is 0 Å². The second-order valence-corrected chi connectivity index (χ2v) is 6.46. The van der Waals surface area contributed by atoms with Crippen LogP contribution >= 0.6 is 11.3 Å². The Kier molecular flexibility index (Phi) is 4.60. The molecule has 96 valence electrons. The molecule has 17 heavy (non-hydrogen) atoms. The molecule has 1 aromatic rings. The summed E-state index contributed by atoms with van der Waals surface area (Å²) in [7, 11) is 2.22. The predicted molar refractivity (Wildman–Crippen MR) is 75.6 cm³/mol. The third-order valence-corrected chi connectivity index (χ3v) is 4.61. The van der Waals surface area contributed by atoms with Gasteiger partial charge in [-0.3, -0.25) is 0 Å². The highest BCUT2D eigenvalue weighted by Gasteiger charge is 2.23. The lowest BCUT2D eigenvalue weighted by Crippen LogP contribution is -2.43. The number of nitrogens with zero attached hydrogens (tertiary/aromatic N) is 1. The molecule has 0 spiro atoms. The molecule has 1 fully saturated rings. The average Bonchev–Trinajstić information content (AvgIpc) is 2.81. The molecular weight excluding hydrogens is 228 g/mol. The summed E-state index contributed by atoms with van der Waals surface area (Å²) in [5, 5.41) is 6.04. The van der Waals surface area contributed by atoms with E-state index in [0.29, 0.717) is 18.0 Å². The molecule has 1 aliphatic rings. The highest BCUT2D eigenvalue weighted by molar-refractivity contribution is 7.10. The lowest BCUT2D eigenvalue weighted by Gasteiger charge is -2.33. The second kappa shape index (κ2) is 5.98. The van der Waals surface area contributed by atoms with Crippen molar-refractivity contribution in [3.63, 3.8) is 0 Å². The van der Waals surface area contributed by atoms with Gasteiger partial charge < -0.3 is 10.2 Å². The molecule has 0 saturated carbocycles. The Morgan fingerprint density at radius 2 is 2.06 bits per heavy atom. The van der Waals surface area contributed by atoms with Crippen LogP contribution in [0.1, 0.15) is 37.6 Å². The number of thiophene rings is 1. The molecule has 0 aromatic carbocycles. The molecule has 1 aliphatic heterocycles. The molecule has 1 unspecified atom stereocenters. The fourth-order valence-electron chi connectivity index (χ4n) is 2.50. The van der Waals surface area contributed by atoms with Crippen LogP contribution in [0.5, 0.6) is 0 Å². The number of hydrogen-bond donors (Lipinski definition) is 1. The highest BCUT2D eigenvalue weighted by Crippen LogP contribution is 2.27. The zero-order valence-corrected chi connectivity index (χ0v) is 12.0. The van der Waals surface area contributed by atoms with Crippen molar-refractivity contribution >= 4 is 11.3 Å². The Bertz CT molecular complexity index is 313. The maximum absolute atomic E-state index is 3.86. The van der Waals surface area contributed by atoms with Crippen molar-refractivity contribution in [2.24, 2.45) is 5.92 Å². The van der Waals surface area contributed by atoms with Crippen molar-refractivity contribution in [2.45, 2.75) is 38.8 Å². The highest BCUT2D eigenvalue weighted by atomic mass is 32.1. The van der Waals surface area contributed by atoms with E-state index in [2.05, 4.69) is 48.6 Å². The third-order valence-electron chi connectivity index (χ3n) is 3.65. The summed E-state index contributed by atoms with van der Waals surface area (Å²) in [6.07, 6.45) is 2.57. The van der Waals surface area contributed by atoms with Crippen LogP contribution in [0.15, 0.2) is 17.5 Å². The van der Waals surface area contributed by atoms with Crippen LogP contribution < -0.4 is 5.32 Å². The van der Waals surface area contributed by atoms with Crippen molar-refractivity contribution in [3.05, 3.63) is 22.4 Å². The minimum Gasteiger partial charge on any atom is -0.306 e. The van der Waals surface area contributed by atoms with Crippen LogP contribution in [-0.2, 0) is 0 Å². The first-order chi connectivity index (χ1) is 8.16. The summed E-state index contributed by atoms with van der Waals surface area (Å²) in [5.74, 6) is 0.660. The monoisotopic (exact) mass is 252 g/mol. The van der Waals surface area contributed by atoms with Gasteiger partial charge in [0.1, 0.15) is 0 Å². The van der Waals surface area contributed by atoms with Crippen LogP contribution in [0.25, 0.3) is 0 Å². The zero-order chi connectivity index (χ0) is 12.3. The average molecular weight is 252 g/mol. The number of piperidine rings is 1. The zero-order valence-electron chi connectivity index (χ0n) is 11.1. The molecule has 0 radical (unpaired) electrons. The summed E-state index contributed by atoms with van der Waals surface area (Å²) in [6, 6.07) is 5.65. The molecule has 1 saturated heterocycles. The fraction of sp³-hybridized carbons (Fsp3) is 0.714. The van der Waals surface area contributed by atoms with E-state index in [0.717, 1.165) is 0 Å². The van der Waals surface area contributed by atoms with Gasteiger partial charge in [0.25, 0.3) is 0 Å². The Hall–Kier alpha value is -0.380. The van der Waals surface area contributed by atoms with Gasteiger partial charge in [0, 0.05) is 17.0 Å². The first-order valence-corrected chi connectivity index (χ1v) is 7.53. The van der Waals surface area contributed by atoms with E-state index in [4.69, 9.17) is 0 Å². The first-order valence-electron chi connectivity index (χ1n) is 6.65. The Balaban J connectivity index is 1.94. The van der Waals surface area contributed by atoms with Crippen LogP contribution in [0.4, 0.5) is 0 Å².